The Balaban J connectivity index is 1.53. The summed E-state index contributed by atoms with van der Waals surface area (Å²) >= 11 is 1.46. The fourth-order valence-electron chi connectivity index (χ4n) is 4.73. The summed E-state index contributed by atoms with van der Waals surface area (Å²) in [6.07, 6.45) is 2.08. The molecule has 2 fully saturated rings. The van der Waals surface area contributed by atoms with Crippen LogP contribution in [0.3, 0.4) is 0 Å². The Bertz CT molecular complexity index is 1190. The molecule has 2 bridgehead atoms. The van der Waals surface area contributed by atoms with E-state index >= 15 is 0 Å². The molecule has 0 spiro atoms. The first-order chi connectivity index (χ1) is 15.5. The van der Waals surface area contributed by atoms with Crippen molar-refractivity contribution in [1.82, 2.24) is 20.2 Å². The third-order valence-electron chi connectivity index (χ3n) is 6.06. The predicted molar refractivity (Wildman–Crippen MR) is 126 cm³/mol. The molecule has 2 amide bonds. The van der Waals surface area contributed by atoms with E-state index in [0.717, 1.165) is 59.0 Å². The Morgan fingerprint density at radius 3 is 2.53 bits per heavy atom. The van der Waals surface area contributed by atoms with E-state index in [1.807, 2.05) is 49.1 Å². The molecule has 4 heterocycles. The lowest BCUT2D eigenvalue weighted by atomic mass is 10.0. The van der Waals surface area contributed by atoms with Crippen LogP contribution < -0.4 is 10.6 Å². The highest BCUT2D eigenvalue weighted by Crippen LogP contribution is 2.40. The van der Waals surface area contributed by atoms with Gasteiger partial charge in [-0.2, -0.15) is 5.26 Å². The minimum absolute atomic E-state index is 0.0845. The molecule has 2 saturated heterocycles. The van der Waals surface area contributed by atoms with Crippen LogP contribution in [0, 0.1) is 25.2 Å². The van der Waals surface area contributed by atoms with Crippen molar-refractivity contribution in [3.05, 3.63) is 53.3 Å². The van der Waals surface area contributed by atoms with Gasteiger partial charge in [-0.1, -0.05) is 23.5 Å². The quantitative estimate of drug-likeness (QED) is 0.627. The average molecular weight is 445 g/mol. The number of carbonyl (C=O) groups is 1. The number of amides is 2. The molecule has 0 radical (unpaired) electrons. The summed E-state index contributed by atoms with van der Waals surface area (Å²) in [4.78, 5) is 25.4. The topological polar surface area (TPSA) is 93.9 Å². The van der Waals surface area contributed by atoms with Crippen molar-refractivity contribution in [3.63, 3.8) is 0 Å². The average Bonchev–Trinajstić information content (AvgIpc) is 3.31. The number of anilines is 1. The molecule has 2 N–H and O–H groups in total. The Kier molecular flexibility index (Phi) is 5.37. The van der Waals surface area contributed by atoms with Crippen LogP contribution >= 0.6 is 11.3 Å². The molecule has 7 nitrogen and oxygen atoms in total. The summed E-state index contributed by atoms with van der Waals surface area (Å²) in [6, 6.07) is 14.1. The molecule has 5 rings (SSSR count). The number of thiazole rings is 1. The molecule has 2 aromatic heterocycles. The zero-order chi connectivity index (χ0) is 22.2. The van der Waals surface area contributed by atoms with Crippen LogP contribution in [0.1, 0.15) is 29.8 Å². The van der Waals surface area contributed by atoms with Gasteiger partial charge in [-0.15, -0.1) is 0 Å². The van der Waals surface area contributed by atoms with Crippen LogP contribution in [0.2, 0.25) is 0 Å². The summed E-state index contributed by atoms with van der Waals surface area (Å²) in [7, 11) is 0. The second-order valence-electron chi connectivity index (χ2n) is 8.41. The van der Waals surface area contributed by atoms with E-state index in [2.05, 4.69) is 21.7 Å². The number of nitrogens with one attached hydrogen (secondary N) is 2. The van der Waals surface area contributed by atoms with Crippen molar-refractivity contribution >= 4 is 22.5 Å². The first kappa shape index (κ1) is 20.6. The third kappa shape index (κ3) is 3.85. The van der Waals surface area contributed by atoms with Gasteiger partial charge >= 0.3 is 6.03 Å². The number of nitriles is 1. The molecule has 2 aliphatic rings. The van der Waals surface area contributed by atoms with Gasteiger partial charge in [0.1, 0.15) is 0 Å². The zero-order valence-electron chi connectivity index (χ0n) is 18.1. The number of pyridine rings is 1. The molecule has 2 atom stereocenters. The highest BCUT2D eigenvalue weighted by Gasteiger charge is 2.39. The van der Waals surface area contributed by atoms with Gasteiger partial charge < -0.3 is 10.2 Å². The van der Waals surface area contributed by atoms with E-state index < -0.39 is 0 Å². The van der Waals surface area contributed by atoms with Gasteiger partial charge in [-0.3, -0.25) is 10.3 Å². The number of nitrogens with zero attached hydrogens (tertiary/aromatic N) is 4. The molecule has 162 valence electrons. The lowest BCUT2D eigenvalue weighted by Gasteiger charge is -2.34. The lowest BCUT2D eigenvalue weighted by molar-refractivity contribution is 0.167. The van der Waals surface area contributed by atoms with E-state index in [1.165, 1.54) is 11.3 Å². The maximum atomic E-state index is 13.1. The zero-order valence-corrected chi connectivity index (χ0v) is 18.9. The fraction of sp³-hybridized carbons (Fsp3) is 0.333. The maximum Gasteiger partial charge on any atom is 0.324 e. The van der Waals surface area contributed by atoms with Crippen molar-refractivity contribution in [1.29, 1.82) is 5.26 Å². The molecule has 8 heteroatoms. The predicted octanol–water partition coefficient (Wildman–Crippen LogP) is 4.33. The van der Waals surface area contributed by atoms with Gasteiger partial charge in [0.25, 0.3) is 0 Å². The third-order valence-corrected chi connectivity index (χ3v) is 7.08. The number of benzene rings is 1. The number of rotatable bonds is 3. The summed E-state index contributed by atoms with van der Waals surface area (Å²) in [5.74, 6) is 0. The SMILES string of the molecule is Cc1cc(-c2sc(NC(=O)N3C4CCC3CNC4)nc2-c2cccc(C#N)c2)cc(C)n1. The number of piperazine rings is 1. The Labute approximate surface area is 191 Å². The van der Waals surface area contributed by atoms with Gasteiger partial charge in [0.15, 0.2) is 5.13 Å². The normalized spacial score (nSPS) is 19.6. The number of carbonyl (C=O) groups excluding carboxylic acids is 1. The second-order valence-corrected chi connectivity index (χ2v) is 9.41. The van der Waals surface area contributed by atoms with Crippen LogP contribution in [0.4, 0.5) is 9.93 Å². The number of aromatic nitrogens is 2. The van der Waals surface area contributed by atoms with Crippen molar-refractivity contribution in [2.45, 2.75) is 38.8 Å². The van der Waals surface area contributed by atoms with E-state index in [0.29, 0.717) is 10.7 Å². The van der Waals surface area contributed by atoms with Crippen molar-refractivity contribution < 1.29 is 4.79 Å². The lowest BCUT2D eigenvalue weighted by Crippen LogP contribution is -2.55. The molecule has 3 aromatic rings. The minimum Gasteiger partial charge on any atom is -0.316 e. The highest BCUT2D eigenvalue weighted by atomic mass is 32.1. The van der Waals surface area contributed by atoms with Crippen molar-refractivity contribution in [2.75, 3.05) is 18.4 Å². The van der Waals surface area contributed by atoms with Crippen molar-refractivity contribution in [2.24, 2.45) is 0 Å². The smallest absolute Gasteiger partial charge is 0.316 e. The molecule has 0 aliphatic carbocycles. The molecule has 0 saturated carbocycles. The largest absolute Gasteiger partial charge is 0.324 e. The van der Waals surface area contributed by atoms with Gasteiger partial charge in [0.2, 0.25) is 0 Å². The fourth-order valence-corrected chi connectivity index (χ4v) is 5.70. The minimum atomic E-state index is -0.0845. The van der Waals surface area contributed by atoms with E-state index in [4.69, 9.17) is 4.98 Å². The monoisotopic (exact) mass is 444 g/mol. The molecule has 2 unspecified atom stereocenters. The maximum absolute atomic E-state index is 13.1. The van der Waals surface area contributed by atoms with Crippen LogP contribution in [-0.4, -0.2) is 46.1 Å². The Morgan fingerprint density at radius 1 is 1.12 bits per heavy atom. The molecule has 2 aliphatic heterocycles. The van der Waals surface area contributed by atoms with Crippen molar-refractivity contribution in [3.8, 4) is 27.8 Å². The first-order valence-corrected chi connectivity index (χ1v) is 11.6. The van der Waals surface area contributed by atoms with Gasteiger partial charge in [-0.25, -0.2) is 9.78 Å². The number of fused-ring (bicyclic) bond motifs is 2. The number of hydrogen-bond donors (Lipinski definition) is 2. The first-order valence-electron chi connectivity index (χ1n) is 10.8. The molecular weight excluding hydrogens is 420 g/mol. The van der Waals surface area contributed by atoms with Crippen LogP contribution in [-0.2, 0) is 0 Å². The molecule has 1 aromatic carbocycles. The summed E-state index contributed by atoms with van der Waals surface area (Å²) in [6.45, 7) is 5.62. The second kappa shape index (κ2) is 8.34. The number of hydrogen-bond acceptors (Lipinski definition) is 6. The summed E-state index contributed by atoms with van der Waals surface area (Å²) < 4.78 is 0. The van der Waals surface area contributed by atoms with Crippen LogP contribution in [0.15, 0.2) is 36.4 Å². The van der Waals surface area contributed by atoms with Crippen LogP contribution in [0.5, 0.6) is 0 Å². The summed E-state index contributed by atoms with van der Waals surface area (Å²) in [5.41, 5.74) is 5.04. The van der Waals surface area contributed by atoms with Gasteiger partial charge in [0.05, 0.1) is 22.2 Å². The summed E-state index contributed by atoms with van der Waals surface area (Å²) in [5, 5.41) is 16.4. The van der Waals surface area contributed by atoms with E-state index in [9.17, 15) is 10.1 Å². The Hall–Kier alpha value is -3.28. The van der Waals surface area contributed by atoms with Gasteiger partial charge in [-0.05, 0) is 56.5 Å². The molecular formula is C24H24N6OS. The molecule has 32 heavy (non-hydrogen) atoms. The van der Waals surface area contributed by atoms with Gasteiger partial charge in [0, 0.05) is 42.1 Å². The number of aryl methyl sites for hydroxylation is 2. The van der Waals surface area contributed by atoms with E-state index in [1.54, 1.807) is 6.07 Å². The highest BCUT2D eigenvalue weighted by molar-refractivity contribution is 7.19. The van der Waals surface area contributed by atoms with Crippen LogP contribution in [0.25, 0.3) is 21.7 Å². The Morgan fingerprint density at radius 2 is 1.84 bits per heavy atom. The van der Waals surface area contributed by atoms with E-state index in [-0.39, 0.29) is 18.1 Å². The number of urea groups is 1. The standard InChI is InChI=1S/C24H24N6OS/c1-14-8-18(9-15(2)27-14)22-21(17-5-3-4-16(10-17)11-25)28-23(32-22)29-24(31)30-19-6-7-20(30)13-26-12-19/h3-5,8-10,19-20,26H,6-7,12-13H2,1-2H3,(H,28,29,31).